The van der Waals surface area contributed by atoms with E-state index in [1.165, 1.54) is 17.3 Å². The van der Waals surface area contributed by atoms with Crippen molar-refractivity contribution in [3.05, 3.63) is 40.2 Å². The molecule has 0 saturated carbocycles. The van der Waals surface area contributed by atoms with Crippen molar-refractivity contribution < 1.29 is 9.59 Å². The third kappa shape index (κ3) is 5.44. The van der Waals surface area contributed by atoms with Crippen molar-refractivity contribution in [2.75, 3.05) is 0 Å². The summed E-state index contributed by atoms with van der Waals surface area (Å²) < 4.78 is 2.01. The second-order valence-corrected chi connectivity index (χ2v) is 9.05. The summed E-state index contributed by atoms with van der Waals surface area (Å²) in [5, 5.41) is 8.94. The second kappa shape index (κ2) is 9.37. The Morgan fingerprint density at radius 3 is 2.32 bits per heavy atom. The van der Waals surface area contributed by atoms with Crippen LogP contribution in [0.25, 0.3) is 0 Å². The number of rotatable bonds is 9. The number of aryl methyl sites for hydroxylation is 4. The van der Waals surface area contributed by atoms with Gasteiger partial charge in [-0.15, -0.1) is 10.2 Å². The number of Topliss-reactive ketones (excluding diaryl/α,β-unsaturated/α-hetero) is 1. The quantitative estimate of drug-likeness (QED) is 0.511. The molecule has 7 heteroatoms. The molecule has 2 aromatic rings. The van der Waals surface area contributed by atoms with Gasteiger partial charge in [-0.3, -0.25) is 9.59 Å². The third-order valence-electron chi connectivity index (χ3n) is 4.69. The van der Waals surface area contributed by atoms with Crippen LogP contribution < -0.4 is 5.73 Å². The predicted octanol–water partition coefficient (Wildman–Crippen LogP) is 3.64. The van der Waals surface area contributed by atoms with E-state index >= 15 is 0 Å². The molecule has 1 atom stereocenters. The van der Waals surface area contributed by atoms with Crippen molar-refractivity contribution in [3.8, 4) is 0 Å². The fraction of sp³-hybridized carbons (Fsp3) is 0.524. The Kier molecular flexibility index (Phi) is 7.41. The lowest BCUT2D eigenvalue weighted by atomic mass is 9.97. The highest BCUT2D eigenvalue weighted by Crippen LogP contribution is 2.28. The smallest absolute Gasteiger partial charge is 0.217 e. The molecule has 0 bridgehead atoms. The van der Waals surface area contributed by atoms with Crippen LogP contribution in [0.2, 0.25) is 0 Å². The average molecular weight is 403 g/mol. The standard InChI is InChI=1S/C21H30N4O2S/c1-12(2)11-25-19(8-7-18(22)26)23-24-21(25)28-16(6)20(27)17-10-14(4)13(3)9-15(17)5/h9-10,12,16H,7-8,11H2,1-6H3,(H2,22,26). The van der Waals surface area contributed by atoms with E-state index in [1.54, 1.807) is 0 Å². The van der Waals surface area contributed by atoms with Gasteiger partial charge in [0.05, 0.1) is 5.25 Å². The highest BCUT2D eigenvalue weighted by molar-refractivity contribution is 8.00. The first kappa shape index (κ1) is 22.1. The molecular weight excluding hydrogens is 372 g/mol. The van der Waals surface area contributed by atoms with Crippen LogP contribution in [0.5, 0.6) is 0 Å². The van der Waals surface area contributed by atoms with E-state index in [-0.39, 0.29) is 23.4 Å². The molecule has 2 N–H and O–H groups in total. The molecule has 1 amide bonds. The minimum atomic E-state index is -0.359. The summed E-state index contributed by atoms with van der Waals surface area (Å²) in [5.41, 5.74) is 9.32. The third-order valence-corrected chi connectivity index (χ3v) is 5.77. The molecule has 1 aromatic carbocycles. The number of benzene rings is 1. The van der Waals surface area contributed by atoms with Gasteiger partial charge in [0.1, 0.15) is 5.82 Å². The highest BCUT2D eigenvalue weighted by atomic mass is 32.2. The second-order valence-electron chi connectivity index (χ2n) is 7.75. The zero-order valence-corrected chi connectivity index (χ0v) is 18.4. The molecule has 0 saturated heterocycles. The lowest BCUT2D eigenvalue weighted by Crippen LogP contribution is -2.18. The average Bonchev–Trinajstić information content (AvgIpc) is 2.96. The van der Waals surface area contributed by atoms with Crippen molar-refractivity contribution in [1.82, 2.24) is 14.8 Å². The van der Waals surface area contributed by atoms with Gasteiger partial charge >= 0.3 is 0 Å². The Morgan fingerprint density at radius 1 is 1.07 bits per heavy atom. The van der Waals surface area contributed by atoms with Gasteiger partial charge in [0.2, 0.25) is 5.91 Å². The highest BCUT2D eigenvalue weighted by Gasteiger charge is 2.23. The van der Waals surface area contributed by atoms with E-state index in [1.807, 2.05) is 31.4 Å². The maximum atomic E-state index is 13.0. The van der Waals surface area contributed by atoms with Crippen LogP contribution in [-0.2, 0) is 17.8 Å². The molecule has 0 aliphatic carbocycles. The van der Waals surface area contributed by atoms with Crippen molar-refractivity contribution in [1.29, 1.82) is 0 Å². The van der Waals surface area contributed by atoms with Gasteiger partial charge in [-0.2, -0.15) is 0 Å². The number of aromatic nitrogens is 3. The number of hydrogen-bond donors (Lipinski definition) is 1. The Hall–Kier alpha value is -2.15. The number of carbonyl (C=O) groups is 2. The minimum absolute atomic E-state index is 0.0865. The normalized spacial score (nSPS) is 12.4. The Labute approximate surface area is 171 Å². The molecule has 0 aliphatic rings. The Balaban J connectivity index is 2.25. The first-order chi connectivity index (χ1) is 13.1. The molecular formula is C21H30N4O2S. The molecule has 0 fully saturated rings. The first-order valence-electron chi connectivity index (χ1n) is 9.59. The van der Waals surface area contributed by atoms with Crippen molar-refractivity contribution in [2.24, 2.45) is 11.7 Å². The number of nitrogens with two attached hydrogens (primary N) is 1. The van der Waals surface area contributed by atoms with Gasteiger partial charge in [0.25, 0.3) is 0 Å². The van der Waals surface area contributed by atoms with Gasteiger partial charge in [0, 0.05) is 24.9 Å². The van der Waals surface area contributed by atoms with Crippen LogP contribution in [0, 0.1) is 26.7 Å². The topological polar surface area (TPSA) is 90.9 Å². The maximum Gasteiger partial charge on any atom is 0.217 e. The monoisotopic (exact) mass is 402 g/mol. The molecule has 1 unspecified atom stereocenters. The number of hydrogen-bond acceptors (Lipinski definition) is 5. The van der Waals surface area contributed by atoms with Gasteiger partial charge < -0.3 is 10.3 Å². The summed E-state index contributed by atoms with van der Waals surface area (Å²) in [5.74, 6) is 0.845. The van der Waals surface area contributed by atoms with E-state index in [0.29, 0.717) is 17.5 Å². The van der Waals surface area contributed by atoms with Crippen LogP contribution in [0.15, 0.2) is 17.3 Å². The zero-order chi connectivity index (χ0) is 21.0. The number of nitrogens with zero attached hydrogens (tertiary/aromatic N) is 3. The van der Waals surface area contributed by atoms with Crippen molar-refractivity contribution >= 4 is 23.5 Å². The fourth-order valence-corrected chi connectivity index (χ4v) is 3.98. The summed E-state index contributed by atoms with van der Waals surface area (Å²) in [6.45, 7) is 12.9. The van der Waals surface area contributed by atoms with Crippen LogP contribution in [0.3, 0.4) is 0 Å². The first-order valence-corrected chi connectivity index (χ1v) is 10.5. The number of amides is 1. The largest absolute Gasteiger partial charge is 0.370 e. The van der Waals surface area contributed by atoms with E-state index in [2.05, 4.69) is 37.0 Å². The zero-order valence-electron chi connectivity index (χ0n) is 17.6. The summed E-state index contributed by atoms with van der Waals surface area (Å²) in [6, 6.07) is 4.03. The number of primary amides is 1. The molecule has 0 radical (unpaired) electrons. The number of carbonyl (C=O) groups excluding carboxylic acids is 2. The SMILES string of the molecule is Cc1cc(C)c(C(=O)C(C)Sc2nnc(CCC(N)=O)n2CC(C)C)cc1C. The number of thioether (sulfide) groups is 1. The molecule has 28 heavy (non-hydrogen) atoms. The molecule has 152 valence electrons. The molecule has 1 heterocycles. The fourth-order valence-electron chi connectivity index (χ4n) is 3.03. The molecule has 0 spiro atoms. The maximum absolute atomic E-state index is 13.0. The Morgan fingerprint density at radius 2 is 1.71 bits per heavy atom. The van der Waals surface area contributed by atoms with Gasteiger partial charge in [-0.25, -0.2) is 0 Å². The Bertz CT molecular complexity index is 874. The molecule has 2 rings (SSSR count). The van der Waals surface area contributed by atoms with E-state index in [0.717, 1.165) is 29.1 Å². The van der Waals surface area contributed by atoms with E-state index < -0.39 is 0 Å². The number of ketones is 1. The van der Waals surface area contributed by atoms with E-state index in [4.69, 9.17) is 5.73 Å². The molecule has 0 aliphatic heterocycles. The van der Waals surface area contributed by atoms with Crippen molar-refractivity contribution in [2.45, 2.75) is 71.3 Å². The molecule has 6 nitrogen and oxygen atoms in total. The van der Waals surface area contributed by atoms with Gasteiger partial charge in [-0.1, -0.05) is 31.7 Å². The van der Waals surface area contributed by atoms with Crippen LogP contribution >= 0.6 is 11.8 Å². The van der Waals surface area contributed by atoms with Crippen molar-refractivity contribution in [3.63, 3.8) is 0 Å². The summed E-state index contributed by atoms with van der Waals surface area (Å²) in [4.78, 5) is 24.2. The van der Waals surface area contributed by atoms with Gasteiger partial charge in [-0.05, 0) is 56.4 Å². The van der Waals surface area contributed by atoms with Crippen LogP contribution in [-0.4, -0.2) is 31.7 Å². The lowest BCUT2D eigenvalue weighted by Gasteiger charge is -2.16. The molecule has 1 aromatic heterocycles. The van der Waals surface area contributed by atoms with Crippen LogP contribution in [0.1, 0.15) is 60.1 Å². The lowest BCUT2D eigenvalue weighted by molar-refractivity contribution is -0.118. The van der Waals surface area contributed by atoms with E-state index in [9.17, 15) is 9.59 Å². The van der Waals surface area contributed by atoms with Gasteiger partial charge in [0.15, 0.2) is 10.9 Å². The minimum Gasteiger partial charge on any atom is -0.370 e. The predicted molar refractivity (Wildman–Crippen MR) is 113 cm³/mol. The summed E-state index contributed by atoms with van der Waals surface area (Å²) >= 11 is 1.41. The summed E-state index contributed by atoms with van der Waals surface area (Å²) in [7, 11) is 0. The summed E-state index contributed by atoms with van der Waals surface area (Å²) in [6.07, 6.45) is 0.686. The van der Waals surface area contributed by atoms with Crippen LogP contribution in [0.4, 0.5) is 0 Å².